The zero-order chi connectivity index (χ0) is 13.9. The lowest BCUT2D eigenvalue weighted by Crippen LogP contribution is -2.24. The van der Waals surface area contributed by atoms with E-state index in [1.807, 2.05) is 0 Å². The van der Waals surface area contributed by atoms with Gasteiger partial charge >= 0.3 is 0 Å². The second-order valence-corrected chi connectivity index (χ2v) is 5.90. The standard InChI is InChI=1S/C13H15N3O2S/c1-2-3-4-7-16-19(17,18)13-9-15-12-8-10(14)5-6-11(12)13/h1,5-6,8-9,15-16H,3-4,7,14H2. The van der Waals surface area contributed by atoms with Crippen LogP contribution in [0.3, 0.4) is 0 Å². The fourth-order valence-corrected chi connectivity index (χ4v) is 3.06. The van der Waals surface area contributed by atoms with E-state index < -0.39 is 10.0 Å². The molecular weight excluding hydrogens is 262 g/mol. The van der Waals surface area contributed by atoms with Crippen LogP contribution in [0.1, 0.15) is 12.8 Å². The monoisotopic (exact) mass is 277 g/mol. The quantitative estimate of drug-likeness (QED) is 0.439. The molecule has 1 heterocycles. The highest BCUT2D eigenvalue weighted by Gasteiger charge is 2.18. The van der Waals surface area contributed by atoms with E-state index in [-0.39, 0.29) is 4.90 Å². The third-order valence-electron chi connectivity index (χ3n) is 2.75. The van der Waals surface area contributed by atoms with Gasteiger partial charge in [-0.05, 0) is 24.6 Å². The van der Waals surface area contributed by atoms with Crippen LogP contribution in [0.5, 0.6) is 0 Å². The van der Waals surface area contributed by atoms with E-state index >= 15 is 0 Å². The molecule has 5 nitrogen and oxygen atoms in total. The highest BCUT2D eigenvalue weighted by molar-refractivity contribution is 7.89. The number of terminal acetylenes is 1. The molecule has 1 aromatic heterocycles. The molecule has 0 amide bonds. The molecule has 0 aliphatic rings. The minimum atomic E-state index is -3.53. The number of nitrogens with two attached hydrogens (primary N) is 1. The van der Waals surface area contributed by atoms with Gasteiger partial charge in [0.1, 0.15) is 4.90 Å². The van der Waals surface area contributed by atoms with Crippen LogP contribution in [0.15, 0.2) is 29.3 Å². The number of rotatable bonds is 5. The van der Waals surface area contributed by atoms with E-state index in [0.717, 1.165) is 0 Å². The van der Waals surface area contributed by atoms with Gasteiger partial charge in [0.2, 0.25) is 10.0 Å². The van der Waals surface area contributed by atoms with E-state index in [0.29, 0.717) is 36.0 Å². The van der Waals surface area contributed by atoms with Gasteiger partial charge in [-0.1, -0.05) is 0 Å². The molecular formula is C13H15N3O2S. The summed E-state index contributed by atoms with van der Waals surface area (Å²) in [5.41, 5.74) is 6.93. The van der Waals surface area contributed by atoms with Gasteiger partial charge in [-0.25, -0.2) is 13.1 Å². The van der Waals surface area contributed by atoms with E-state index in [1.54, 1.807) is 18.2 Å². The molecule has 0 aliphatic heterocycles. The van der Waals surface area contributed by atoms with Crippen LogP contribution in [0.2, 0.25) is 0 Å². The molecule has 0 saturated carbocycles. The van der Waals surface area contributed by atoms with Crippen LogP contribution in [-0.2, 0) is 10.0 Å². The summed E-state index contributed by atoms with van der Waals surface area (Å²) >= 11 is 0. The Kier molecular flexibility index (Phi) is 3.79. The molecule has 4 N–H and O–H groups in total. The Morgan fingerprint density at radius 3 is 2.95 bits per heavy atom. The Labute approximate surface area is 112 Å². The molecule has 6 heteroatoms. The minimum Gasteiger partial charge on any atom is -0.399 e. The van der Waals surface area contributed by atoms with Crippen LogP contribution in [0, 0.1) is 12.3 Å². The van der Waals surface area contributed by atoms with Crippen LogP contribution >= 0.6 is 0 Å². The SMILES string of the molecule is C#CCCCNS(=O)(=O)c1c[nH]c2cc(N)ccc12. The first-order valence-electron chi connectivity index (χ1n) is 5.84. The van der Waals surface area contributed by atoms with Crippen LogP contribution in [-0.4, -0.2) is 19.9 Å². The third kappa shape index (κ3) is 2.89. The second-order valence-electron chi connectivity index (χ2n) is 4.16. The van der Waals surface area contributed by atoms with Crippen LogP contribution in [0.25, 0.3) is 10.9 Å². The van der Waals surface area contributed by atoms with Gasteiger partial charge in [-0.15, -0.1) is 12.3 Å². The third-order valence-corrected chi connectivity index (χ3v) is 4.25. The molecule has 2 rings (SSSR count). The van der Waals surface area contributed by atoms with E-state index in [2.05, 4.69) is 15.6 Å². The number of hydrogen-bond donors (Lipinski definition) is 3. The lowest BCUT2D eigenvalue weighted by atomic mass is 10.2. The zero-order valence-electron chi connectivity index (χ0n) is 10.3. The number of nitrogens with one attached hydrogen (secondary N) is 2. The maximum absolute atomic E-state index is 12.1. The molecule has 100 valence electrons. The molecule has 0 fully saturated rings. The summed E-state index contributed by atoms with van der Waals surface area (Å²) < 4.78 is 26.8. The Hall–Kier alpha value is -1.97. The highest BCUT2D eigenvalue weighted by atomic mass is 32.2. The first-order chi connectivity index (χ1) is 9.04. The van der Waals surface area contributed by atoms with Crippen molar-refractivity contribution in [1.29, 1.82) is 0 Å². The average molecular weight is 277 g/mol. The Morgan fingerprint density at radius 1 is 1.42 bits per heavy atom. The molecule has 0 saturated heterocycles. The van der Waals surface area contributed by atoms with Gasteiger partial charge in [-0.2, -0.15) is 0 Å². The van der Waals surface area contributed by atoms with Crippen molar-refractivity contribution in [3.05, 3.63) is 24.4 Å². The van der Waals surface area contributed by atoms with Gasteiger partial charge in [0, 0.05) is 35.8 Å². The van der Waals surface area contributed by atoms with Crippen LogP contribution < -0.4 is 10.5 Å². The molecule has 0 radical (unpaired) electrons. The lowest BCUT2D eigenvalue weighted by Gasteiger charge is -2.04. The smallest absolute Gasteiger partial charge is 0.242 e. The summed E-state index contributed by atoms with van der Waals surface area (Å²) in [5, 5.41) is 0.624. The van der Waals surface area contributed by atoms with Gasteiger partial charge in [0.15, 0.2) is 0 Å². The Morgan fingerprint density at radius 2 is 2.21 bits per heavy atom. The summed E-state index contributed by atoms with van der Waals surface area (Å²) in [7, 11) is -3.53. The van der Waals surface area contributed by atoms with Crippen molar-refractivity contribution in [2.45, 2.75) is 17.7 Å². The maximum Gasteiger partial charge on any atom is 0.242 e. The van der Waals surface area contributed by atoms with Crippen molar-refractivity contribution in [3.63, 3.8) is 0 Å². The molecule has 0 bridgehead atoms. The maximum atomic E-state index is 12.1. The summed E-state index contributed by atoms with van der Waals surface area (Å²) in [4.78, 5) is 3.13. The number of nitrogen functional groups attached to an aromatic ring is 1. The molecule has 19 heavy (non-hydrogen) atoms. The minimum absolute atomic E-state index is 0.225. The van der Waals surface area contributed by atoms with Gasteiger partial charge < -0.3 is 10.7 Å². The molecule has 2 aromatic rings. The summed E-state index contributed by atoms with van der Waals surface area (Å²) in [5.74, 6) is 2.47. The van der Waals surface area contributed by atoms with Crippen molar-refractivity contribution in [2.24, 2.45) is 0 Å². The number of unbranched alkanes of at least 4 members (excludes halogenated alkanes) is 1. The van der Waals surface area contributed by atoms with Crippen molar-refractivity contribution in [2.75, 3.05) is 12.3 Å². The fraction of sp³-hybridized carbons (Fsp3) is 0.231. The summed E-state index contributed by atoms with van der Waals surface area (Å²) in [6.45, 7) is 0.328. The number of aromatic nitrogens is 1. The second kappa shape index (κ2) is 5.34. The van der Waals surface area contributed by atoms with Crippen molar-refractivity contribution in [3.8, 4) is 12.3 Å². The van der Waals surface area contributed by atoms with Crippen molar-refractivity contribution >= 4 is 26.6 Å². The topological polar surface area (TPSA) is 88.0 Å². The van der Waals surface area contributed by atoms with Gasteiger partial charge in [-0.3, -0.25) is 0 Å². The predicted molar refractivity (Wildman–Crippen MR) is 76.0 cm³/mol. The summed E-state index contributed by atoms with van der Waals surface area (Å²) in [6.07, 6.45) is 7.75. The number of anilines is 1. The molecule has 0 atom stereocenters. The summed E-state index contributed by atoms with van der Waals surface area (Å²) in [6, 6.07) is 5.07. The zero-order valence-corrected chi connectivity index (χ0v) is 11.1. The van der Waals surface area contributed by atoms with Crippen molar-refractivity contribution < 1.29 is 8.42 Å². The molecule has 0 aliphatic carbocycles. The van der Waals surface area contributed by atoms with Gasteiger partial charge in [0.05, 0.1) is 0 Å². The fourth-order valence-electron chi connectivity index (χ4n) is 1.81. The van der Waals surface area contributed by atoms with E-state index in [1.165, 1.54) is 6.20 Å². The molecule has 0 unspecified atom stereocenters. The van der Waals surface area contributed by atoms with E-state index in [9.17, 15) is 8.42 Å². The largest absolute Gasteiger partial charge is 0.399 e. The number of aromatic amines is 1. The van der Waals surface area contributed by atoms with Crippen LogP contribution in [0.4, 0.5) is 5.69 Å². The Bertz CT molecular complexity index is 726. The average Bonchev–Trinajstić information content (AvgIpc) is 2.78. The number of hydrogen-bond acceptors (Lipinski definition) is 3. The Balaban J connectivity index is 2.26. The van der Waals surface area contributed by atoms with Gasteiger partial charge in [0.25, 0.3) is 0 Å². The number of benzene rings is 1. The molecule has 1 aromatic carbocycles. The first-order valence-corrected chi connectivity index (χ1v) is 7.32. The lowest BCUT2D eigenvalue weighted by molar-refractivity contribution is 0.580. The van der Waals surface area contributed by atoms with E-state index in [4.69, 9.17) is 12.2 Å². The molecule has 0 spiro atoms. The van der Waals surface area contributed by atoms with Crippen molar-refractivity contribution in [1.82, 2.24) is 9.71 Å². The number of sulfonamides is 1. The number of fused-ring (bicyclic) bond motifs is 1. The first kappa shape index (κ1) is 13.5. The highest BCUT2D eigenvalue weighted by Crippen LogP contribution is 2.24. The number of H-pyrrole nitrogens is 1. The predicted octanol–water partition coefficient (Wildman–Crippen LogP) is 1.44. The normalized spacial score (nSPS) is 11.5.